The van der Waals surface area contributed by atoms with E-state index in [-0.39, 0.29) is 0 Å². The Morgan fingerprint density at radius 3 is 2.67 bits per heavy atom. The van der Waals surface area contributed by atoms with Crippen LogP contribution in [0.3, 0.4) is 0 Å². The first-order valence-electron chi connectivity index (χ1n) is 6.23. The number of fused-ring (bicyclic) bond motifs is 1. The number of aromatic nitrogens is 1. The number of aliphatic hydroxyl groups excluding tert-OH is 1. The van der Waals surface area contributed by atoms with Crippen LogP contribution in [0.4, 0.5) is 0 Å². The van der Waals surface area contributed by atoms with E-state index in [0.717, 1.165) is 4.47 Å². The van der Waals surface area contributed by atoms with Crippen molar-refractivity contribution in [2.45, 2.75) is 6.10 Å². The second-order valence-corrected chi connectivity index (χ2v) is 5.42. The smallest absolute Gasteiger partial charge is 0.417 e. The van der Waals surface area contributed by atoms with Gasteiger partial charge in [-0.15, -0.1) is 0 Å². The molecule has 3 rings (SSSR count). The van der Waals surface area contributed by atoms with Gasteiger partial charge in [-0.25, -0.2) is 4.79 Å². The van der Waals surface area contributed by atoms with Crippen molar-refractivity contribution in [3.05, 3.63) is 62.5 Å². The number of hydrogen-bond acceptors (Lipinski definition) is 4. The van der Waals surface area contributed by atoms with Gasteiger partial charge in [0.2, 0.25) is 0 Å². The highest BCUT2D eigenvalue weighted by molar-refractivity contribution is 9.10. The molecular formula is C15H12BrNO4. The molecule has 3 aromatic rings. The highest BCUT2D eigenvalue weighted by Gasteiger charge is 2.14. The summed E-state index contributed by atoms with van der Waals surface area (Å²) in [5, 5.41) is 10.5. The highest BCUT2D eigenvalue weighted by Crippen LogP contribution is 2.31. The molecule has 2 aromatic carbocycles. The van der Waals surface area contributed by atoms with Crippen LogP contribution in [0.25, 0.3) is 11.1 Å². The number of aliphatic hydroxyl groups is 1. The van der Waals surface area contributed by atoms with Crippen LogP contribution in [0.15, 0.2) is 50.1 Å². The van der Waals surface area contributed by atoms with Gasteiger partial charge in [-0.2, -0.15) is 0 Å². The number of benzene rings is 2. The third-order valence-corrected chi connectivity index (χ3v) is 3.87. The van der Waals surface area contributed by atoms with E-state index in [4.69, 9.17) is 9.15 Å². The van der Waals surface area contributed by atoms with Gasteiger partial charge >= 0.3 is 5.76 Å². The van der Waals surface area contributed by atoms with Gasteiger partial charge in [0, 0.05) is 0 Å². The van der Waals surface area contributed by atoms with E-state index in [1.54, 1.807) is 43.5 Å². The standard InChI is InChI=1S/C15H12BrNO4/c1-20-12-5-3-8(6-10(12)16)14(18)9-2-4-11-13(7-9)21-15(19)17-11/h2-7,14,18H,1H3,(H,17,19). The molecule has 0 amide bonds. The van der Waals surface area contributed by atoms with Gasteiger partial charge in [-0.05, 0) is 51.3 Å². The van der Waals surface area contributed by atoms with Crippen LogP contribution in [0.1, 0.15) is 17.2 Å². The number of methoxy groups -OCH3 is 1. The lowest BCUT2D eigenvalue weighted by atomic mass is 10.0. The Morgan fingerprint density at radius 2 is 1.95 bits per heavy atom. The quantitative estimate of drug-likeness (QED) is 0.762. The Kier molecular flexibility index (Phi) is 3.57. The predicted molar refractivity (Wildman–Crippen MR) is 81.6 cm³/mol. The maximum Gasteiger partial charge on any atom is 0.417 e. The van der Waals surface area contributed by atoms with E-state index in [1.807, 2.05) is 0 Å². The molecule has 0 spiro atoms. The lowest BCUT2D eigenvalue weighted by Crippen LogP contribution is -2.00. The Bertz CT molecular complexity index is 852. The first-order chi connectivity index (χ1) is 10.1. The minimum absolute atomic E-state index is 0.420. The molecule has 0 bridgehead atoms. The van der Waals surface area contributed by atoms with Gasteiger partial charge < -0.3 is 14.3 Å². The van der Waals surface area contributed by atoms with E-state index in [9.17, 15) is 9.90 Å². The monoisotopic (exact) mass is 349 g/mol. The topological polar surface area (TPSA) is 75.5 Å². The molecule has 0 aliphatic carbocycles. The fourth-order valence-corrected chi connectivity index (χ4v) is 2.74. The molecule has 21 heavy (non-hydrogen) atoms. The van der Waals surface area contributed by atoms with Crippen LogP contribution >= 0.6 is 15.9 Å². The molecule has 0 radical (unpaired) electrons. The van der Waals surface area contributed by atoms with Crippen molar-refractivity contribution in [1.82, 2.24) is 4.98 Å². The van der Waals surface area contributed by atoms with Crippen LogP contribution < -0.4 is 10.5 Å². The second kappa shape index (κ2) is 5.38. The van der Waals surface area contributed by atoms with Gasteiger partial charge in [0.05, 0.1) is 17.1 Å². The number of H-pyrrole nitrogens is 1. The molecule has 108 valence electrons. The van der Waals surface area contributed by atoms with Crippen molar-refractivity contribution >= 4 is 27.0 Å². The number of rotatable bonds is 3. The largest absolute Gasteiger partial charge is 0.496 e. The zero-order valence-electron chi connectivity index (χ0n) is 11.1. The van der Waals surface area contributed by atoms with Crippen LogP contribution in [-0.2, 0) is 0 Å². The summed E-state index contributed by atoms with van der Waals surface area (Å²) in [5.74, 6) is 0.182. The van der Waals surface area contributed by atoms with Gasteiger partial charge in [-0.1, -0.05) is 12.1 Å². The third-order valence-electron chi connectivity index (χ3n) is 3.25. The van der Waals surface area contributed by atoms with Gasteiger partial charge in [0.1, 0.15) is 11.9 Å². The van der Waals surface area contributed by atoms with Crippen molar-refractivity contribution in [3.8, 4) is 5.75 Å². The maximum atomic E-state index is 11.2. The van der Waals surface area contributed by atoms with E-state index < -0.39 is 11.9 Å². The molecule has 1 unspecified atom stereocenters. The third kappa shape index (κ3) is 2.59. The summed E-state index contributed by atoms with van der Waals surface area (Å²) >= 11 is 3.39. The normalized spacial score (nSPS) is 12.5. The van der Waals surface area contributed by atoms with Gasteiger partial charge in [-0.3, -0.25) is 4.98 Å². The fourth-order valence-electron chi connectivity index (χ4n) is 2.18. The van der Waals surface area contributed by atoms with Gasteiger partial charge in [0.25, 0.3) is 0 Å². The Balaban J connectivity index is 2.00. The number of aromatic amines is 1. The minimum Gasteiger partial charge on any atom is -0.496 e. The lowest BCUT2D eigenvalue weighted by Gasteiger charge is -2.13. The molecule has 1 aromatic heterocycles. The number of oxazole rings is 1. The molecule has 0 fully saturated rings. The number of hydrogen-bond donors (Lipinski definition) is 2. The molecule has 0 aliphatic rings. The predicted octanol–water partition coefficient (Wildman–Crippen LogP) is 2.97. The summed E-state index contributed by atoms with van der Waals surface area (Å²) in [7, 11) is 1.58. The lowest BCUT2D eigenvalue weighted by molar-refractivity contribution is 0.220. The Labute approximate surface area is 128 Å². The first kappa shape index (κ1) is 13.9. The summed E-state index contributed by atoms with van der Waals surface area (Å²) in [5.41, 5.74) is 2.37. The summed E-state index contributed by atoms with van der Waals surface area (Å²) in [4.78, 5) is 13.7. The summed E-state index contributed by atoms with van der Waals surface area (Å²) in [6.07, 6.45) is -0.822. The van der Waals surface area contributed by atoms with E-state index >= 15 is 0 Å². The van der Waals surface area contributed by atoms with E-state index in [2.05, 4.69) is 20.9 Å². The zero-order chi connectivity index (χ0) is 15.0. The van der Waals surface area contributed by atoms with Crippen molar-refractivity contribution < 1.29 is 14.3 Å². The Morgan fingerprint density at radius 1 is 1.24 bits per heavy atom. The first-order valence-corrected chi connectivity index (χ1v) is 7.02. The van der Waals surface area contributed by atoms with Crippen molar-refractivity contribution in [3.63, 3.8) is 0 Å². The average Bonchev–Trinajstić information content (AvgIpc) is 2.85. The number of nitrogens with one attached hydrogen (secondary N) is 1. The number of halogens is 1. The molecule has 1 atom stereocenters. The van der Waals surface area contributed by atoms with Crippen LogP contribution in [0.5, 0.6) is 5.75 Å². The van der Waals surface area contributed by atoms with Crippen LogP contribution in [0, 0.1) is 0 Å². The highest BCUT2D eigenvalue weighted by atomic mass is 79.9. The van der Waals surface area contributed by atoms with Crippen LogP contribution in [-0.4, -0.2) is 17.2 Å². The maximum absolute atomic E-state index is 11.2. The zero-order valence-corrected chi connectivity index (χ0v) is 12.7. The minimum atomic E-state index is -0.822. The fraction of sp³-hybridized carbons (Fsp3) is 0.133. The van der Waals surface area contributed by atoms with E-state index in [0.29, 0.717) is 28.0 Å². The second-order valence-electron chi connectivity index (χ2n) is 4.57. The van der Waals surface area contributed by atoms with Crippen LogP contribution in [0.2, 0.25) is 0 Å². The average molecular weight is 350 g/mol. The van der Waals surface area contributed by atoms with Crippen molar-refractivity contribution in [2.75, 3.05) is 7.11 Å². The molecule has 0 saturated heterocycles. The molecule has 0 aliphatic heterocycles. The molecule has 6 heteroatoms. The molecule has 0 saturated carbocycles. The van der Waals surface area contributed by atoms with Gasteiger partial charge in [0.15, 0.2) is 5.58 Å². The molecule has 5 nitrogen and oxygen atoms in total. The molecule has 2 N–H and O–H groups in total. The number of ether oxygens (including phenoxy) is 1. The van der Waals surface area contributed by atoms with Crippen molar-refractivity contribution in [2.24, 2.45) is 0 Å². The SMILES string of the molecule is COc1ccc(C(O)c2ccc3[nH]c(=O)oc3c2)cc1Br. The van der Waals surface area contributed by atoms with E-state index in [1.165, 1.54) is 0 Å². The summed E-state index contributed by atoms with van der Waals surface area (Å²) in [6.45, 7) is 0. The summed E-state index contributed by atoms with van der Waals surface area (Å²) in [6, 6.07) is 10.5. The van der Waals surface area contributed by atoms with Crippen molar-refractivity contribution in [1.29, 1.82) is 0 Å². The molecule has 1 heterocycles. The molecular weight excluding hydrogens is 338 g/mol. The summed E-state index contributed by atoms with van der Waals surface area (Å²) < 4.78 is 10.9. The Hall–Kier alpha value is -2.05.